The number of halogens is 2. The van der Waals surface area contributed by atoms with E-state index in [9.17, 15) is 9.90 Å². The molecule has 0 aromatic rings. The second-order valence-electron chi connectivity index (χ2n) is 16.1. The Hall–Kier alpha value is 0.310. The SMILES string of the molecule is CC(=O)OC1CC2CCC3C(CC[C@]4(C)C(O)C([N+]5(C)CCCCC5)CC34)[C@@]2(C)CC1[N+]1(C)CCCCC1.[Br-].[Br-]. The summed E-state index contributed by atoms with van der Waals surface area (Å²) in [6.45, 7) is 11.7. The van der Waals surface area contributed by atoms with Crippen molar-refractivity contribution in [3.05, 3.63) is 0 Å². The average molecular weight is 691 g/mol. The number of hydrogen-bond donors (Lipinski definition) is 1. The molecule has 0 bridgehead atoms. The van der Waals surface area contributed by atoms with Crippen molar-refractivity contribution in [2.75, 3.05) is 40.3 Å². The molecule has 0 aromatic carbocycles. The number of hydrogen-bond acceptors (Lipinski definition) is 3. The van der Waals surface area contributed by atoms with Gasteiger partial charge in [0.05, 0.1) is 40.3 Å². The van der Waals surface area contributed by atoms with E-state index in [1.165, 1.54) is 103 Å². The summed E-state index contributed by atoms with van der Waals surface area (Å²) in [5.74, 6) is 2.76. The lowest BCUT2D eigenvalue weighted by Crippen LogP contribution is -3.00. The average Bonchev–Trinajstić information content (AvgIpc) is 3.16. The smallest absolute Gasteiger partial charge is 0.303 e. The number of carbonyl (C=O) groups excluding carboxylic acids is 1. The third-order valence-electron chi connectivity index (χ3n) is 14.2. The van der Waals surface area contributed by atoms with Gasteiger partial charge in [0.1, 0.15) is 18.2 Å². The zero-order valence-corrected chi connectivity index (χ0v) is 29.2. The van der Waals surface area contributed by atoms with Crippen LogP contribution < -0.4 is 34.0 Å². The number of rotatable bonds is 3. The van der Waals surface area contributed by atoms with Crippen molar-refractivity contribution < 1.29 is 57.6 Å². The largest absolute Gasteiger partial charge is 1.00 e. The fourth-order valence-electron chi connectivity index (χ4n) is 11.9. The van der Waals surface area contributed by atoms with Crippen LogP contribution in [0.5, 0.6) is 0 Å². The minimum atomic E-state index is -0.146. The normalized spacial score (nSPS) is 47.4. The highest BCUT2D eigenvalue weighted by atomic mass is 79.9. The van der Waals surface area contributed by atoms with Crippen LogP contribution in [0.3, 0.4) is 0 Å². The molecule has 5 nitrogen and oxygen atoms in total. The van der Waals surface area contributed by atoms with Crippen molar-refractivity contribution in [3.63, 3.8) is 0 Å². The Morgan fingerprint density at radius 3 is 1.93 bits per heavy atom. The maximum absolute atomic E-state index is 12.2. The molecule has 7 heteroatoms. The van der Waals surface area contributed by atoms with Gasteiger partial charge in [0, 0.05) is 25.2 Å². The lowest BCUT2D eigenvalue weighted by atomic mass is 9.44. The van der Waals surface area contributed by atoms with Crippen LogP contribution in [0.2, 0.25) is 0 Å². The van der Waals surface area contributed by atoms with E-state index in [-0.39, 0.29) is 57.6 Å². The van der Waals surface area contributed by atoms with Crippen LogP contribution in [0, 0.1) is 34.5 Å². The minimum absolute atomic E-state index is 0. The number of quaternary nitrogens is 2. The number of aliphatic hydroxyl groups is 1. The summed E-state index contributed by atoms with van der Waals surface area (Å²) >= 11 is 0. The number of piperidine rings is 2. The van der Waals surface area contributed by atoms with E-state index in [2.05, 4.69) is 27.9 Å². The number of likely N-dealkylation sites (N-methyl/N-ethyl adjacent to an activating group) is 2. The molecule has 6 rings (SSSR count). The Morgan fingerprint density at radius 1 is 0.775 bits per heavy atom. The molecular formula is C33H58Br2N2O3. The molecule has 0 amide bonds. The number of nitrogens with zero attached hydrogens (tertiary/aromatic N) is 2. The molecule has 4 saturated carbocycles. The van der Waals surface area contributed by atoms with E-state index < -0.39 is 0 Å². The van der Waals surface area contributed by atoms with Crippen molar-refractivity contribution in [1.29, 1.82) is 0 Å². The van der Waals surface area contributed by atoms with Crippen molar-refractivity contribution in [3.8, 4) is 0 Å². The lowest BCUT2D eigenvalue weighted by Gasteiger charge is -2.63. The van der Waals surface area contributed by atoms with Crippen LogP contribution in [0.1, 0.15) is 104 Å². The third-order valence-corrected chi connectivity index (χ3v) is 14.2. The van der Waals surface area contributed by atoms with Gasteiger partial charge >= 0.3 is 5.97 Å². The van der Waals surface area contributed by atoms with Crippen LogP contribution in [0.25, 0.3) is 0 Å². The Balaban J connectivity index is 0.00000185. The zero-order chi connectivity index (χ0) is 26.9. The first kappa shape index (κ1) is 33.2. The Kier molecular flexibility index (Phi) is 9.97. The van der Waals surface area contributed by atoms with Crippen molar-refractivity contribution in [2.24, 2.45) is 34.5 Å². The summed E-state index contributed by atoms with van der Waals surface area (Å²) in [5, 5.41) is 11.9. The molecule has 4 aliphatic carbocycles. The highest BCUT2D eigenvalue weighted by Gasteiger charge is 2.66. The fraction of sp³-hybridized carbons (Fsp3) is 0.970. The van der Waals surface area contributed by atoms with Gasteiger partial charge in [-0.3, -0.25) is 4.79 Å². The fourth-order valence-corrected chi connectivity index (χ4v) is 11.9. The maximum Gasteiger partial charge on any atom is 0.303 e. The molecule has 40 heavy (non-hydrogen) atoms. The van der Waals surface area contributed by atoms with E-state index in [1.54, 1.807) is 6.92 Å². The van der Waals surface area contributed by atoms with Gasteiger partial charge < -0.3 is 52.8 Å². The van der Waals surface area contributed by atoms with Gasteiger partial charge in [-0.25, -0.2) is 0 Å². The topological polar surface area (TPSA) is 46.5 Å². The van der Waals surface area contributed by atoms with Gasteiger partial charge in [-0.1, -0.05) is 13.8 Å². The first-order chi connectivity index (χ1) is 18.0. The Bertz CT molecular complexity index is 906. The van der Waals surface area contributed by atoms with Gasteiger partial charge in [0.15, 0.2) is 6.10 Å². The van der Waals surface area contributed by atoms with Crippen molar-refractivity contribution in [1.82, 2.24) is 0 Å². The van der Waals surface area contributed by atoms with Crippen LogP contribution in [-0.2, 0) is 9.53 Å². The van der Waals surface area contributed by atoms with E-state index >= 15 is 0 Å². The van der Waals surface area contributed by atoms with Gasteiger partial charge in [-0.05, 0) is 99.7 Å². The molecule has 2 saturated heterocycles. The van der Waals surface area contributed by atoms with E-state index in [0.29, 0.717) is 29.3 Å². The summed E-state index contributed by atoms with van der Waals surface area (Å²) in [5.41, 5.74) is 0.421. The molecule has 0 aromatic heterocycles. The number of ether oxygens (including phenoxy) is 1. The van der Waals surface area contributed by atoms with Gasteiger partial charge in [-0.2, -0.15) is 0 Å². The molecule has 0 radical (unpaired) electrons. The van der Waals surface area contributed by atoms with Gasteiger partial charge in [0.25, 0.3) is 0 Å². The monoisotopic (exact) mass is 688 g/mol. The molecule has 232 valence electrons. The standard InChI is InChI=1S/C33H58N2O3.2BrH/c1-23(36)38-30-20-24-12-13-25-26(33(24,3)22-29(30)35(5)18-10-7-11-19-35)14-15-32(2)27(25)21-28(31(32)37)34(4)16-8-6-9-17-34;;/h24-31,37H,6-22H2,1-5H3;2*1H/q+2;;/p-2/t24?,25?,26?,27?,28?,29?,30?,31?,32-,33-;;/m0../s1. The summed E-state index contributed by atoms with van der Waals surface area (Å²) < 4.78 is 8.38. The summed E-state index contributed by atoms with van der Waals surface area (Å²) in [6.07, 6.45) is 16.5. The van der Waals surface area contributed by atoms with E-state index in [1.807, 2.05) is 0 Å². The number of likely N-dealkylation sites (tertiary alicyclic amines) is 2. The molecular weight excluding hydrogens is 632 g/mol. The first-order valence-corrected chi connectivity index (χ1v) is 16.5. The summed E-state index contributed by atoms with van der Waals surface area (Å²) in [6, 6.07) is 0.868. The number of esters is 1. The first-order valence-electron chi connectivity index (χ1n) is 16.5. The molecule has 0 spiro atoms. The minimum Gasteiger partial charge on any atom is -1.00 e. The molecule has 6 aliphatic rings. The quantitative estimate of drug-likeness (QED) is 0.323. The predicted octanol–water partition coefficient (Wildman–Crippen LogP) is -0.452. The van der Waals surface area contributed by atoms with Gasteiger partial charge in [-0.15, -0.1) is 0 Å². The molecule has 1 N–H and O–H groups in total. The highest BCUT2D eigenvalue weighted by Crippen LogP contribution is 2.67. The van der Waals surface area contributed by atoms with Crippen LogP contribution >= 0.6 is 0 Å². The molecule has 8 unspecified atom stereocenters. The van der Waals surface area contributed by atoms with Crippen molar-refractivity contribution in [2.45, 2.75) is 129 Å². The zero-order valence-electron chi connectivity index (χ0n) is 26.1. The summed E-state index contributed by atoms with van der Waals surface area (Å²) in [4.78, 5) is 12.2. The number of fused-ring (bicyclic) bond motifs is 5. The molecule has 2 heterocycles. The van der Waals surface area contributed by atoms with Gasteiger partial charge in [0.2, 0.25) is 0 Å². The number of carbonyl (C=O) groups is 1. The number of aliphatic hydroxyl groups excluding tert-OH is 1. The highest BCUT2D eigenvalue weighted by molar-refractivity contribution is 5.66. The maximum atomic E-state index is 12.2. The molecule has 6 fully saturated rings. The van der Waals surface area contributed by atoms with Crippen LogP contribution in [0.4, 0.5) is 0 Å². The van der Waals surface area contributed by atoms with E-state index in [4.69, 9.17) is 4.74 Å². The predicted molar refractivity (Wildman–Crippen MR) is 151 cm³/mol. The second-order valence-corrected chi connectivity index (χ2v) is 16.1. The van der Waals surface area contributed by atoms with Crippen LogP contribution in [-0.4, -0.2) is 84.6 Å². The van der Waals surface area contributed by atoms with Crippen molar-refractivity contribution >= 4 is 5.97 Å². The third kappa shape index (κ3) is 5.30. The van der Waals surface area contributed by atoms with E-state index in [0.717, 1.165) is 27.2 Å². The second kappa shape index (κ2) is 12.0. The summed E-state index contributed by atoms with van der Waals surface area (Å²) in [7, 11) is 4.94. The lowest BCUT2D eigenvalue weighted by molar-refractivity contribution is -0.943. The van der Waals surface area contributed by atoms with Crippen LogP contribution in [0.15, 0.2) is 0 Å². The Morgan fingerprint density at radius 2 is 1.35 bits per heavy atom. The molecule has 2 aliphatic heterocycles. The Labute approximate surface area is 265 Å². The molecule has 10 atom stereocenters.